The van der Waals surface area contributed by atoms with Crippen LogP contribution in [0.5, 0.6) is 5.75 Å². The number of methoxy groups -OCH3 is 1. The first-order chi connectivity index (χ1) is 16.3. The minimum Gasteiger partial charge on any atom is -0.497 e. The van der Waals surface area contributed by atoms with Gasteiger partial charge in [-0.3, -0.25) is 14.4 Å². The van der Waals surface area contributed by atoms with Gasteiger partial charge in [-0.25, -0.2) is 0 Å². The summed E-state index contributed by atoms with van der Waals surface area (Å²) >= 11 is 1.71. The molecule has 1 aromatic carbocycles. The number of nitrogens with zero attached hydrogens (tertiary/aromatic N) is 2. The normalized spacial score (nSPS) is 15.1. The summed E-state index contributed by atoms with van der Waals surface area (Å²) in [7, 11) is 1.63. The van der Waals surface area contributed by atoms with Gasteiger partial charge >= 0.3 is 5.97 Å². The van der Waals surface area contributed by atoms with Crippen LogP contribution >= 0.6 is 11.3 Å². The first kappa shape index (κ1) is 25.7. The zero-order chi connectivity index (χ0) is 24.7. The van der Waals surface area contributed by atoms with Crippen molar-refractivity contribution in [1.82, 2.24) is 9.80 Å². The maximum atomic E-state index is 13.6. The molecular formula is C26H34N2O5S. The molecule has 3 rings (SSSR count). The van der Waals surface area contributed by atoms with Crippen molar-refractivity contribution in [2.75, 3.05) is 33.4 Å². The summed E-state index contributed by atoms with van der Waals surface area (Å²) in [5, 5.41) is 2.07. The highest BCUT2D eigenvalue weighted by Gasteiger charge is 2.34. The van der Waals surface area contributed by atoms with E-state index in [-0.39, 0.29) is 49.8 Å². The summed E-state index contributed by atoms with van der Waals surface area (Å²) in [6, 6.07) is 9.68. The Balaban J connectivity index is 1.80. The summed E-state index contributed by atoms with van der Waals surface area (Å²) in [6.45, 7) is 7.08. The SMILES string of the molecule is CCOC(=O)CCC(=O)N(CC(=O)N1CCc2sccc2C1c1ccc(OC)cc1)CC(C)C. The van der Waals surface area contributed by atoms with Gasteiger partial charge in [0.15, 0.2) is 0 Å². The zero-order valence-corrected chi connectivity index (χ0v) is 21.2. The third kappa shape index (κ3) is 6.38. The Morgan fingerprint density at radius 3 is 2.53 bits per heavy atom. The Hall–Kier alpha value is -2.87. The van der Waals surface area contributed by atoms with Crippen LogP contribution in [0, 0.1) is 5.92 Å². The molecule has 0 saturated heterocycles. The highest BCUT2D eigenvalue weighted by molar-refractivity contribution is 7.10. The van der Waals surface area contributed by atoms with Crippen molar-refractivity contribution in [3.8, 4) is 5.75 Å². The molecule has 34 heavy (non-hydrogen) atoms. The number of esters is 1. The van der Waals surface area contributed by atoms with Gasteiger partial charge in [0.05, 0.1) is 32.7 Å². The van der Waals surface area contributed by atoms with E-state index in [9.17, 15) is 14.4 Å². The summed E-state index contributed by atoms with van der Waals surface area (Å²) in [5.74, 6) is 0.263. The predicted octanol–water partition coefficient (Wildman–Crippen LogP) is 4.06. The van der Waals surface area contributed by atoms with Crippen LogP contribution in [0.2, 0.25) is 0 Å². The fourth-order valence-electron chi connectivity index (χ4n) is 4.28. The van der Waals surface area contributed by atoms with Crippen molar-refractivity contribution in [3.05, 3.63) is 51.7 Å². The molecule has 2 aromatic rings. The first-order valence-corrected chi connectivity index (χ1v) is 12.6. The summed E-state index contributed by atoms with van der Waals surface area (Å²) in [4.78, 5) is 43.0. The van der Waals surface area contributed by atoms with E-state index in [1.165, 1.54) is 4.88 Å². The van der Waals surface area contributed by atoms with Gasteiger partial charge in [-0.2, -0.15) is 0 Å². The lowest BCUT2D eigenvalue weighted by atomic mass is 9.93. The second kappa shape index (κ2) is 12.0. The molecule has 0 saturated carbocycles. The first-order valence-electron chi connectivity index (χ1n) is 11.8. The van der Waals surface area contributed by atoms with Gasteiger partial charge in [-0.1, -0.05) is 26.0 Å². The smallest absolute Gasteiger partial charge is 0.306 e. The number of amides is 2. The maximum Gasteiger partial charge on any atom is 0.306 e. The minimum absolute atomic E-state index is 0.00797. The van der Waals surface area contributed by atoms with Crippen LogP contribution < -0.4 is 4.74 Å². The molecule has 2 amide bonds. The number of carbonyl (C=O) groups excluding carboxylic acids is 3. The number of hydrogen-bond donors (Lipinski definition) is 0. The van der Waals surface area contributed by atoms with Gasteiger partial charge in [0, 0.05) is 24.4 Å². The Bertz CT molecular complexity index is 985. The van der Waals surface area contributed by atoms with Crippen LogP contribution in [0.15, 0.2) is 35.7 Å². The minimum atomic E-state index is -0.396. The fraction of sp³-hybridized carbons (Fsp3) is 0.500. The molecule has 0 N–H and O–H groups in total. The van der Waals surface area contributed by atoms with E-state index in [0.29, 0.717) is 13.1 Å². The van der Waals surface area contributed by atoms with Crippen molar-refractivity contribution in [2.45, 2.75) is 46.1 Å². The van der Waals surface area contributed by atoms with Gasteiger partial charge in [0.1, 0.15) is 5.75 Å². The van der Waals surface area contributed by atoms with E-state index in [4.69, 9.17) is 9.47 Å². The Labute approximate surface area is 205 Å². The average Bonchev–Trinajstić information content (AvgIpc) is 3.30. The van der Waals surface area contributed by atoms with E-state index < -0.39 is 5.97 Å². The number of benzene rings is 1. The molecule has 0 fully saturated rings. The van der Waals surface area contributed by atoms with Gasteiger partial charge in [-0.15, -0.1) is 11.3 Å². The van der Waals surface area contributed by atoms with E-state index in [1.54, 1.807) is 30.3 Å². The monoisotopic (exact) mass is 486 g/mol. The lowest BCUT2D eigenvalue weighted by Gasteiger charge is -2.38. The summed E-state index contributed by atoms with van der Waals surface area (Å²) in [5.41, 5.74) is 2.15. The Morgan fingerprint density at radius 1 is 1.15 bits per heavy atom. The van der Waals surface area contributed by atoms with Gasteiger partial charge < -0.3 is 19.3 Å². The fourth-order valence-corrected chi connectivity index (χ4v) is 5.18. The Kier molecular flexibility index (Phi) is 9.10. The van der Waals surface area contributed by atoms with Crippen molar-refractivity contribution in [2.24, 2.45) is 5.92 Å². The zero-order valence-electron chi connectivity index (χ0n) is 20.4. The van der Waals surface area contributed by atoms with Gasteiger partial charge in [0.2, 0.25) is 11.8 Å². The van der Waals surface area contributed by atoms with Crippen molar-refractivity contribution in [3.63, 3.8) is 0 Å². The van der Waals surface area contributed by atoms with Gasteiger partial charge in [0.25, 0.3) is 0 Å². The summed E-state index contributed by atoms with van der Waals surface area (Å²) in [6.07, 6.45) is 0.855. The second-order valence-electron chi connectivity index (χ2n) is 8.79. The van der Waals surface area contributed by atoms with E-state index in [0.717, 1.165) is 23.3 Å². The molecule has 2 heterocycles. The second-order valence-corrected chi connectivity index (χ2v) is 9.79. The van der Waals surface area contributed by atoms with Crippen LogP contribution in [-0.2, 0) is 25.5 Å². The topological polar surface area (TPSA) is 76.2 Å². The molecule has 0 radical (unpaired) electrons. The highest BCUT2D eigenvalue weighted by Crippen LogP contribution is 2.38. The Morgan fingerprint density at radius 2 is 1.88 bits per heavy atom. The number of rotatable bonds is 10. The molecular weight excluding hydrogens is 452 g/mol. The van der Waals surface area contributed by atoms with Crippen LogP contribution in [0.4, 0.5) is 0 Å². The molecule has 1 unspecified atom stereocenters. The molecule has 0 aliphatic carbocycles. The number of ether oxygens (including phenoxy) is 2. The van der Waals surface area contributed by atoms with E-state index in [1.807, 2.05) is 43.0 Å². The molecule has 1 aromatic heterocycles. The number of hydrogen-bond acceptors (Lipinski definition) is 6. The predicted molar refractivity (Wildman–Crippen MR) is 132 cm³/mol. The largest absolute Gasteiger partial charge is 0.497 e. The van der Waals surface area contributed by atoms with Crippen molar-refractivity contribution < 1.29 is 23.9 Å². The van der Waals surface area contributed by atoms with Crippen molar-refractivity contribution >= 4 is 29.1 Å². The van der Waals surface area contributed by atoms with Crippen LogP contribution in [0.25, 0.3) is 0 Å². The number of thiophene rings is 1. The molecule has 8 heteroatoms. The van der Waals surface area contributed by atoms with Crippen LogP contribution in [0.1, 0.15) is 55.7 Å². The summed E-state index contributed by atoms with van der Waals surface area (Å²) < 4.78 is 10.2. The quantitative estimate of drug-likeness (QED) is 0.474. The molecule has 1 aliphatic rings. The number of fused-ring (bicyclic) bond motifs is 1. The van der Waals surface area contributed by atoms with E-state index >= 15 is 0 Å². The van der Waals surface area contributed by atoms with Crippen molar-refractivity contribution in [1.29, 1.82) is 0 Å². The molecule has 1 aliphatic heterocycles. The van der Waals surface area contributed by atoms with Crippen LogP contribution in [-0.4, -0.2) is 60.9 Å². The number of carbonyl (C=O) groups is 3. The molecule has 1 atom stereocenters. The standard InChI is InChI=1S/C26H34N2O5S/c1-5-33-25(31)11-10-23(29)27(16-18(2)3)17-24(30)28-14-12-22-21(13-15-34-22)26(28)19-6-8-20(32-4)9-7-19/h6-9,13,15,18,26H,5,10-12,14,16-17H2,1-4H3. The third-order valence-electron chi connectivity index (χ3n) is 5.83. The molecule has 184 valence electrons. The van der Waals surface area contributed by atoms with Gasteiger partial charge in [-0.05, 0) is 54.0 Å². The third-order valence-corrected chi connectivity index (χ3v) is 6.83. The lowest BCUT2D eigenvalue weighted by molar-refractivity contribution is -0.147. The van der Waals surface area contributed by atoms with E-state index in [2.05, 4.69) is 11.4 Å². The average molecular weight is 487 g/mol. The molecule has 7 nitrogen and oxygen atoms in total. The molecule has 0 spiro atoms. The van der Waals surface area contributed by atoms with Crippen LogP contribution in [0.3, 0.4) is 0 Å². The highest BCUT2D eigenvalue weighted by atomic mass is 32.1. The maximum absolute atomic E-state index is 13.6. The lowest BCUT2D eigenvalue weighted by Crippen LogP contribution is -2.47. The molecule has 0 bridgehead atoms.